The molecule has 0 saturated carbocycles. The van der Waals surface area contributed by atoms with Crippen LogP contribution in [-0.2, 0) is 0 Å². The molecule has 0 N–H and O–H groups in total. The maximum Gasteiger partial charge on any atom is 0.163 e. The van der Waals surface area contributed by atoms with Crippen LogP contribution in [0.1, 0.15) is 0 Å². The summed E-state index contributed by atoms with van der Waals surface area (Å²) in [5.74, 6) is 0.692. The Morgan fingerprint density at radius 3 is 1.43 bits per heavy atom. The maximum atomic E-state index is 5.43. The molecule has 0 unspecified atom stereocenters. The van der Waals surface area contributed by atoms with E-state index in [1.165, 1.54) is 32.8 Å². The van der Waals surface area contributed by atoms with Gasteiger partial charge < -0.3 is 9.13 Å². The molecule has 0 aliphatic heterocycles. The summed E-state index contributed by atoms with van der Waals surface area (Å²) in [7, 11) is 0. The standard InChI is InChI=1S/C56H36N4/c1-4-16-37(17-5-1)38-28-30-42(31-29-38)59-51-26-14-12-24-45(51)47-35-43(32-33-53(47)59)60-52-27-15-13-25-46(52)48-34-41-22-10-11-23-44(41)54(55(48)60)56-57-49(39-18-6-2-7-19-39)36-50(58-56)40-20-8-3-9-21-40/h1-36H. The summed E-state index contributed by atoms with van der Waals surface area (Å²) in [5.41, 5.74) is 14.0. The second-order valence-corrected chi connectivity index (χ2v) is 15.4. The SMILES string of the molecule is c1ccc(-c2ccc(-n3c4ccccc4c4cc(-n5c6ccccc6c6cc7ccccc7c(-c7nc(-c8ccccc8)cc(-c8ccccc8)n7)c65)ccc43)cc2)cc1. The number of fused-ring (bicyclic) bond motifs is 7. The predicted molar refractivity (Wildman–Crippen MR) is 250 cm³/mol. The molecule has 280 valence electrons. The minimum atomic E-state index is 0.692. The van der Waals surface area contributed by atoms with Gasteiger partial charge in [0.1, 0.15) is 0 Å². The highest BCUT2D eigenvalue weighted by molar-refractivity contribution is 6.21. The van der Waals surface area contributed by atoms with Gasteiger partial charge in [-0.2, -0.15) is 0 Å². The van der Waals surface area contributed by atoms with E-state index in [1.807, 2.05) is 12.1 Å². The zero-order chi connectivity index (χ0) is 39.6. The summed E-state index contributed by atoms with van der Waals surface area (Å²) in [6.45, 7) is 0. The molecule has 0 amide bonds. The Kier molecular flexibility index (Phi) is 7.82. The van der Waals surface area contributed by atoms with Crippen LogP contribution < -0.4 is 0 Å². The maximum absolute atomic E-state index is 5.43. The first-order valence-electron chi connectivity index (χ1n) is 20.4. The topological polar surface area (TPSA) is 35.6 Å². The average Bonchev–Trinajstić information content (AvgIpc) is 3.83. The Balaban J connectivity index is 1.14. The minimum absolute atomic E-state index is 0.692. The molecule has 9 aromatic carbocycles. The zero-order valence-electron chi connectivity index (χ0n) is 32.6. The van der Waals surface area contributed by atoms with Crippen LogP contribution in [-0.4, -0.2) is 19.1 Å². The smallest absolute Gasteiger partial charge is 0.163 e. The second kappa shape index (κ2) is 13.8. The van der Waals surface area contributed by atoms with Crippen LogP contribution in [0.25, 0.3) is 111 Å². The van der Waals surface area contributed by atoms with Gasteiger partial charge in [-0.25, -0.2) is 9.97 Å². The van der Waals surface area contributed by atoms with Gasteiger partial charge in [0.05, 0.1) is 39.0 Å². The molecule has 0 spiro atoms. The number of rotatable bonds is 6. The van der Waals surface area contributed by atoms with Crippen molar-refractivity contribution in [3.63, 3.8) is 0 Å². The number of nitrogens with zero attached hydrogens (tertiary/aromatic N) is 4. The van der Waals surface area contributed by atoms with Gasteiger partial charge in [0, 0.05) is 44.0 Å². The summed E-state index contributed by atoms with van der Waals surface area (Å²) in [6.07, 6.45) is 0. The van der Waals surface area contributed by atoms with Gasteiger partial charge in [-0.05, 0) is 76.5 Å². The van der Waals surface area contributed by atoms with Crippen molar-refractivity contribution in [3.05, 3.63) is 218 Å². The zero-order valence-corrected chi connectivity index (χ0v) is 32.6. The fourth-order valence-electron chi connectivity index (χ4n) is 9.17. The van der Waals surface area contributed by atoms with E-state index in [0.717, 1.165) is 72.2 Å². The third-order valence-corrected chi connectivity index (χ3v) is 11.9. The van der Waals surface area contributed by atoms with E-state index < -0.39 is 0 Å². The first kappa shape index (κ1) is 34.0. The minimum Gasteiger partial charge on any atom is -0.309 e. The van der Waals surface area contributed by atoms with E-state index >= 15 is 0 Å². The molecule has 4 heteroatoms. The molecule has 0 atom stereocenters. The van der Waals surface area contributed by atoms with Crippen molar-refractivity contribution in [3.8, 4) is 56.4 Å². The normalized spacial score (nSPS) is 11.7. The van der Waals surface area contributed by atoms with Gasteiger partial charge in [0.2, 0.25) is 0 Å². The van der Waals surface area contributed by atoms with Crippen LogP contribution in [0.3, 0.4) is 0 Å². The molecule has 0 aliphatic carbocycles. The van der Waals surface area contributed by atoms with Crippen molar-refractivity contribution < 1.29 is 0 Å². The lowest BCUT2D eigenvalue weighted by molar-refractivity contribution is 1.15. The number of benzene rings is 9. The molecule has 0 saturated heterocycles. The fourth-order valence-corrected chi connectivity index (χ4v) is 9.17. The van der Waals surface area contributed by atoms with Crippen molar-refractivity contribution in [2.45, 2.75) is 0 Å². The molecule has 3 aromatic heterocycles. The molecule has 60 heavy (non-hydrogen) atoms. The molecular weight excluding hydrogens is 729 g/mol. The van der Waals surface area contributed by atoms with Gasteiger partial charge in [-0.1, -0.05) is 164 Å². The van der Waals surface area contributed by atoms with Crippen LogP contribution in [0.4, 0.5) is 0 Å². The van der Waals surface area contributed by atoms with E-state index in [0.29, 0.717) is 5.82 Å². The summed E-state index contributed by atoms with van der Waals surface area (Å²) >= 11 is 0. The molecule has 4 nitrogen and oxygen atoms in total. The third-order valence-electron chi connectivity index (χ3n) is 11.9. The van der Waals surface area contributed by atoms with Crippen LogP contribution in [0, 0.1) is 0 Å². The van der Waals surface area contributed by atoms with Crippen LogP contribution in [0.2, 0.25) is 0 Å². The fraction of sp³-hybridized carbons (Fsp3) is 0. The van der Waals surface area contributed by atoms with Gasteiger partial charge in [-0.15, -0.1) is 0 Å². The molecule has 0 bridgehead atoms. The number of aromatic nitrogens is 4. The van der Waals surface area contributed by atoms with Crippen LogP contribution in [0.5, 0.6) is 0 Å². The molecular formula is C56H36N4. The van der Waals surface area contributed by atoms with Crippen LogP contribution >= 0.6 is 0 Å². The summed E-state index contributed by atoms with van der Waals surface area (Å²) in [6, 6.07) is 77.9. The number of hydrogen-bond donors (Lipinski definition) is 0. The lowest BCUT2D eigenvalue weighted by Crippen LogP contribution is -2.01. The quantitative estimate of drug-likeness (QED) is 0.169. The predicted octanol–water partition coefficient (Wildman–Crippen LogP) is 14.5. The van der Waals surface area contributed by atoms with Crippen molar-refractivity contribution in [2.75, 3.05) is 0 Å². The summed E-state index contributed by atoms with van der Waals surface area (Å²) in [5, 5.41) is 7.00. The molecule has 0 radical (unpaired) electrons. The lowest BCUT2D eigenvalue weighted by Gasteiger charge is -2.16. The van der Waals surface area contributed by atoms with Crippen molar-refractivity contribution >= 4 is 54.4 Å². The van der Waals surface area contributed by atoms with Crippen molar-refractivity contribution in [2.24, 2.45) is 0 Å². The molecule has 0 aliphatic rings. The first-order chi connectivity index (χ1) is 29.8. The first-order valence-corrected chi connectivity index (χ1v) is 20.4. The van der Waals surface area contributed by atoms with Gasteiger partial charge >= 0.3 is 0 Å². The van der Waals surface area contributed by atoms with E-state index in [1.54, 1.807) is 0 Å². The summed E-state index contributed by atoms with van der Waals surface area (Å²) < 4.78 is 4.83. The Bertz CT molecular complexity index is 3510. The van der Waals surface area contributed by atoms with Crippen molar-refractivity contribution in [1.82, 2.24) is 19.1 Å². The highest BCUT2D eigenvalue weighted by Gasteiger charge is 2.23. The Morgan fingerprint density at radius 2 is 0.783 bits per heavy atom. The lowest BCUT2D eigenvalue weighted by atomic mass is 9.98. The number of hydrogen-bond acceptors (Lipinski definition) is 2. The summed E-state index contributed by atoms with van der Waals surface area (Å²) in [4.78, 5) is 10.9. The molecule has 12 aromatic rings. The Hall–Kier alpha value is -8.08. The van der Waals surface area contributed by atoms with E-state index in [4.69, 9.17) is 9.97 Å². The largest absolute Gasteiger partial charge is 0.309 e. The van der Waals surface area contributed by atoms with Gasteiger partial charge in [0.25, 0.3) is 0 Å². The van der Waals surface area contributed by atoms with E-state index in [2.05, 4.69) is 215 Å². The highest BCUT2D eigenvalue weighted by Crippen LogP contribution is 2.44. The Morgan fingerprint density at radius 1 is 0.300 bits per heavy atom. The highest BCUT2D eigenvalue weighted by atomic mass is 15.0. The van der Waals surface area contributed by atoms with Gasteiger partial charge in [-0.3, -0.25) is 0 Å². The van der Waals surface area contributed by atoms with E-state index in [-0.39, 0.29) is 0 Å². The average molecular weight is 765 g/mol. The molecule has 0 fully saturated rings. The number of para-hydroxylation sites is 2. The second-order valence-electron chi connectivity index (χ2n) is 15.4. The molecule has 3 heterocycles. The van der Waals surface area contributed by atoms with E-state index in [9.17, 15) is 0 Å². The third kappa shape index (κ3) is 5.46. The Labute approximate surface area is 346 Å². The van der Waals surface area contributed by atoms with Gasteiger partial charge in [0.15, 0.2) is 5.82 Å². The monoisotopic (exact) mass is 764 g/mol. The molecule has 12 rings (SSSR count). The van der Waals surface area contributed by atoms with Crippen molar-refractivity contribution in [1.29, 1.82) is 0 Å². The van der Waals surface area contributed by atoms with Crippen LogP contribution in [0.15, 0.2) is 218 Å².